The quantitative estimate of drug-likeness (QED) is 0.172. The van der Waals surface area contributed by atoms with Crippen molar-refractivity contribution in [2.24, 2.45) is 5.73 Å². The second kappa shape index (κ2) is 11.1. The number of benzene rings is 1. The zero-order valence-electron chi connectivity index (χ0n) is 18.3. The Labute approximate surface area is 196 Å². The lowest BCUT2D eigenvalue weighted by molar-refractivity contribution is -0.261. The maximum atomic E-state index is 12.9. The summed E-state index contributed by atoms with van der Waals surface area (Å²) in [5.74, 6) is -8.59. The second-order valence-corrected chi connectivity index (χ2v) is 7.56. The van der Waals surface area contributed by atoms with E-state index in [2.05, 4.69) is 20.3 Å². The number of nitrogens with one attached hydrogen (secondary N) is 3. The van der Waals surface area contributed by atoms with Gasteiger partial charge in [0.2, 0.25) is 11.7 Å². The largest absolute Gasteiger partial charge is 0.491 e. The predicted molar refractivity (Wildman–Crippen MR) is 109 cm³/mol. The van der Waals surface area contributed by atoms with Crippen molar-refractivity contribution in [3.05, 3.63) is 35.4 Å². The minimum absolute atomic E-state index is 0.211. The first kappa shape index (κ1) is 27.5. The minimum Gasteiger partial charge on any atom is -0.480 e. The van der Waals surface area contributed by atoms with Gasteiger partial charge in [0.15, 0.2) is 0 Å². The molecule has 0 spiro atoms. The summed E-state index contributed by atoms with van der Waals surface area (Å²) in [5, 5.41) is 18.7. The number of methoxy groups -OCH3 is 1. The highest BCUT2D eigenvalue weighted by atomic mass is 19.4. The third-order valence-electron chi connectivity index (χ3n) is 4.96. The number of carboxylic acids is 1. The number of alkyl halides is 3. The molecule has 0 radical (unpaired) electrons. The van der Waals surface area contributed by atoms with Crippen molar-refractivity contribution < 1.29 is 51.8 Å². The normalized spacial score (nSPS) is 20.5. The van der Waals surface area contributed by atoms with Gasteiger partial charge in [-0.3, -0.25) is 19.8 Å². The fraction of sp³-hybridized carbons (Fsp3) is 0.450. The molecule has 35 heavy (non-hydrogen) atoms. The van der Waals surface area contributed by atoms with E-state index in [9.17, 15) is 37.5 Å². The molecule has 0 aromatic heterocycles. The first-order chi connectivity index (χ1) is 16.3. The molecular weight excluding hydrogens is 481 g/mol. The first-order valence-corrected chi connectivity index (χ1v) is 10.0. The monoisotopic (exact) mass is 504 g/mol. The van der Waals surface area contributed by atoms with Gasteiger partial charge in [-0.25, -0.2) is 9.59 Å². The number of amides is 1. The molecule has 1 aromatic rings. The van der Waals surface area contributed by atoms with E-state index in [1.54, 1.807) is 0 Å². The van der Waals surface area contributed by atoms with Gasteiger partial charge < -0.3 is 25.6 Å². The third-order valence-corrected chi connectivity index (χ3v) is 4.96. The highest BCUT2D eigenvalue weighted by Crippen LogP contribution is 2.38. The number of hydrogen-bond donors (Lipinski definition) is 5. The molecule has 192 valence electrons. The van der Waals surface area contributed by atoms with Crippen LogP contribution in [0.2, 0.25) is 0 Å². The fourth-order valence-electron chi connectivity index (χ4n) is 3.20. The van der Waals surface area contributed by atoms with Crippen molar-refractivity contribution in [3.63, 3.8) is 0 Å². The van der Waals surface area contributed by atoms with Crippen molar-refractivity contribution in [1.82, 2.24) is 10.8 Å². The molecule has 2 rings (SSSR count). The van der Waals surface area contributed by atoms with E-state index < -0.39 is 60.7 Å². The van der Waals surface area contributed by atoms with Crippen LogP contribution in [0.5, 0.6) is 0 Å². The SMILES string of the molecule is COC(=O)CCC(NC(=O)C[C@@]1(OC(=O)C(F)(F)F)C[C@@H](c2ccc(C(=N)N)cc2)NO1)C(=O)O. The molecule has 0 bridgehead atoms. The van der Waals surface area contributed by atoms with Crippen molar-refractivity contribution in [2.75, 3.05) is 7.11 Å². The van der Waals surface area contributed by atoms with E-state index in [-0.39, 0.29) is 18.7 Å². The Hall–Kier alpha value is -3.72. The standard InChI is InChI=1S/C20H23F3N4O8/c1-33-15(29)7-6-12(17(30)31)26-14(28)9-19(34-18(32)20(21,22)23)8-13(27-35-19)10-2-4-11(5-3-10)16(24)25/h2-5,12-13,27H,6-9H2,1H3,(H3,24,25)(H,26,28)(H,30,31)/t12?,13-,19+/m0/s1. The average Bonchev–Trinajstić information content (AvgIpc) is 3.18. The van der Waals surface area contributed by atoms with Crippen LogP contribution in [0.25, 0.3) is 0 Å². The Morgan fingerprint density at radius 3 is 2.46 bits per heavy atom. The van der Waals surface area contributed by atoms with Gasteiger partial charge in [0.1, 0.15) is 11.9 Å². The Morgan fingerprint density at radius 2 is 1.94 bits per heavy atom. The molecule has 1 heterocycles. The van der Waals surface area contributed by atoms with Gasteiger partial charge >= 0.3 is 24.1 Å². The molecule has 1 aliphatic heterocycles. The van der Waals surface area contributed by atoms with E-state index in [1.807, 2.05) is 0 Å². The Kier molecular flexibility index (Phi) is 8.76. The molecule has 1 saturated heterocycles. The summed E-state index contributed by atoms with van der Waals surface area (Å²) in [6, 6.07) is 3.57. The summed E-state index contributed by atoms with van der Waals surface area (Å²) in [5.41, 5.74) is 8.64. The number of hydroxylamine groups is 1. The van der Waals surface area contributed by atoms with E-state index in [0.717, 1.165) is 7.11 Å². The molecular formula is C20H23F3N4O8. The molecule has 6 N–H and O–H groups in total. The number of amidine groups is 1. The van der Waals surface area contributed by atoms with Crippen LogP contribution in [0.4, 0.5) is 13.2 Å². The number of esters is 2. The van der Waals surface area contributed by atoms with Crippen LogP contribution < -0.4 is 16.5 Å². The lowest BCUT2D eigenvalue weighted by Gasteiger charge is -2.27. The lowest BCUT2D eigenvalue weighted by Crippen LogP contribution is -2.47. The highest BCUT2D eigenvalue weighted by Gasteiger charge is 2.52. The molecule has 1 unspecified atom stereocenters. The van der Waals surface area contributed by atoms with E-state index >= 15 is 0 Å². The average molecular weight is 504 g/mol. The molecule has 1 fully saturated rings. The summed E-state index contributed by atoms with van der Waals surface area (Å²) in [7, 11) is 1.09. The van der Waals surface area contributed by atoms with Gasteiger partial charge in [-0.2, -0.15) is 18.7 Å². The smallest absolute Gasteiger partial charge is 0.480 e. The number of rotatable bonds is 10. The number of nitrogens with two attached hydrogens (primary N) is 1. The number of hydrogen-bond acceptors (Lipinski definition) is 9. The van der Waals surface area contributed by atoms with Crippen LogP contribution in [0, 0.1) is 5.41 Å². The maximum Gasteiger partial charge on any atom is 0.491 e. The van der Waals surface area contributed by atoms with Crippen molar-refractivity contribution >= 4 is 29.7 Å². The van der Waals surface area contributed by atoms with Crippen molar-refractivity contribution in [3.8, 4) is 0 Å². The Bertz CT molecular complexity index is 986. The summed E-state index contributed by atoms with van der Waals surface area (Å²) in [6.07, 6.45) is -7.52. The van der Waals surface area contributed by atoms with Crippen LogP contribution in [-0.4, -0.2) is 59.9 Å². The van der Waals surface area contributed by atoms with Gasteiger partial charge in [0.05, 0.1) is 19.6 Å². The molecule has 3 atom stereocenters. The van der Waals surface area contributed by atoms with Crippen molar-refractivity contribution in [1.29, 1.82) is 5.41 Å². The number of aliphatic carboxylic acids is 1. The molecule has 1 aliphatic rings. The predicted octanol–water partition coefficient (Wildman–Crippen LogP) is 0.651. The Balaban J connectivity index is 2.20. The summed E-state index contributed by atoms with van der Waals surface area (Å²) in [4.78, 5) is 51.9. The van der Waals surface area contributed by atoms with E-state index in [0.29, 0.717) is 11.1 Å². The van der Waals surface area contributed by atoms with E-state index in [1.165, 1.54) is 24.3 Å². The second-order valence-electron chi connectivity index (χ2n) is 7.56. The van der Waals surface area contributed by atoms with Gasteiger partial charge in [0.25, 0.3) is 0 Å². The molecule has 1 aromatic carbocycles. The van der Waals surface area contributed by atoms with Gasteiger partial charge in [-0.05, 0) is 12.0 Å². The van der Waals surface area contributed by atoms with Gasteiger partial charge in [0, 0.05) is 18.4 Å². The van der Waals surface area contributed by atoms with Gasteiger partial charge in [-0.1, -0.05) is 24.3 Å². The maximum absolute atomic E-state index is 12.9. The number of carbonyl (C=O) groups excluding carboxylic acids is 3. The lowest BCUT2D eigenvalue weighted by atomic mass is 9.97. The van der Waals surface area contributed by atoms with Crippen LogP contribution in [0.3, 0.4) is 0 Å². The van der Waals surface area contributed by atoms with Crippen LogP contribution in [0.1, 0.15) is 42.9 Å². The van der Waals surface area contributed by atoms with Crippen LogP contribution in [0.15, 0.2) is 24.3 Å². The first-order valence-electron chi connectivity index (χ1n) is 10.0. The van der Waals surface area contributed by atoms with Crippen LogP contribution >= 0.6 is 0 Å². The zero-order valence-corrected chi connectivity index (χ0v) is 18.3. The van der Waals surface area contributed by atoms with Gasteiger partial charge in [-0.15, -0.1) is 0 Å². The minimum atomic E-state index is -5.39. The molecule has 0 saturated carbocycles. The topological polar surface area (TPSA) is 190 Å². The summed E-state index contributed by atoms with van der Waals surface area (Å²) in [6.45, 7) is 0. The Morgan fingerprint density at radius 1 is 1.31 bits per heavy atom. The van der Waals surface area contributed by atoms with Crippen molar-refractivity contribution in [2.45, 2.75) is 49.7 Å². The third kappa shape index (κ3) is 7.65. The summed E-state index contributed by atoms with van der Waals surface area (Å²) < 4.78 is 47.5. The molecule has 15 heteroatoms. The van der Waals surface area contributed by atoms with Crippen LogP contribution in [-0.2, 0) is 33.5 Å². The molecule has 1 amide bonds. The number of ether oxygens (including phenoxy) is 2. The fourth-order valence-corrected chi connectivity index (χ4v) is 3.20. The number of carbonyl (C=O) groups is 4. The number of nitrogen functional groups attached to an aromatic ring is 1. The molecule has 12 nitrogen and oxygen atoms in total. The number of carboxylic acid groups (broad SMARTS) is 1. The zero-order chi connectivity index (χ0) is 26.4. The number of halogens is 3. The highest BCUT2D eigenvalue weighted by molar-refractivity contribution is 5.94. The summed E-state index contributed by atoms with van der Waals surface area (Å²) >= 11 is 0. The molecule has 0 aliphatic carbocycles. The van der Waals surface area contributed by atoms with E-state index in [4.69, 9.17) is 16.0 Å².